The number of ether oxygens (including phenoxy) is 1. The van der Waals surface area contributed by atoms with E-state index in [1.54, 1.807) is 24.3 Å². The number of aromatic nitrogens is 2. The van der Waals surface area contributed by atoms with Crippen molar-refractivity contribution in [2.24, 2.45) is 5.92 Å². The van der Waals surface area contributed by atoms with E-state index in [0.29, 0.717) is 27.4 Å². The number of nitrogens with zero attached hydrogens (tertiary/aromatic N) is 3. The largest absolute Gasteiger partial charge is 0.454 e. The summed E-state index contributed by atoms with van der Waals surface area (Å²) in [4.78, 5) is 15.0. The first kappa shape index (κ1) is 20.4. The topological polar surface area (TPSA) is 67.3 Å². The minimum Gasteiger partial charge on any atom is -0.454 e. The van der Waals surface area contributed by atoms with Crippen LogP contribution in [0.2, 0.25) is 10.2 Å². The molecule has 0 atom stereocenters. The number of nitrogens with one attached hydrogen (secondary N) is 1. The molecular weight excluding hydrogens is 423 g/mol. The molecule has 4 rings (SSSR count). The van der Waals surface area contributed by atoms with Crippen LogP contribution in [-0.2, 0) is 4.79 Å². The first-order chi connectivity index (χ1) is 14.6. The molecule has 1 N–H and O–H groups in total. The van der Waals surface area contributed by atoms with Crippen LogP contribution >= 0.6 is 23.2 Å². The minimum atomic E-state index is -0.0881. The maximum atomic E-state index is 12.9. The lowest BCUT2D eigenvalue weighted by Crippen LogP contribution is -2.38. The van der Waals surface area contributed by atoms with Crippen LogP contribution in [0.5, 0.6) is 11.5 Å². The highest BCUT2D eigenvalue weighted by atomic mass is 35.5. The fraction of sp³-hybridized carbons (Fsp3) is 0.227. The molecule has 1 aliphatic rings. The van der Waals surface area contributed by atoms with Crippen molar-refractivity contribution in [2.45, 2.75) is 12.8 Å². The molecule has 1 aromatic heterocycles. The zero-order chi connectivity index (χ0) is 20.9. The van der Waals surface area contributed by atoms with E-state index in [4.69, 9.17) is 27.9 Å². The average Bonchev–Trinajstić information content (AvgIpc) is 2.77. The molecule has 3 aromatic rings. The SMILES string of the molecule is O=C(Nc1ccccc1Oc1ccccc1Cl)C1CCN(c2ccc(Cl)nn2)CC1. The van der Waals surface area contributed by atoms with Crippen LogP contribution in [0.25, 0.3) is 0 Å². The molecule has 1 amide bonds. The van der Waals surface area contributed by atoms with Crippen LogP contribution in [0.15, 0.2) is 60.7 Å². The Balaban J connectivity index is 1.39. The monoisotopic (exact) mass is 442 g/mol. The molecule has 2 heterocycles. The number of halogens is 2. The summed E-state index contributed by atoms with van der Waals surface area (Å²) >= 11 is 12.0. The molecule has 6 nitrogen and oxygen atoms in total. The number of anilines is 2. The van der Waals surface area contributed by atoms with Gasteiger partial charge in [0.2, 0.25) is 5.91 Å². The van der Waals surface area contributed by atoms with Gasteiger partial charge >= 0.3 is 0 Å². The Morgan fingerprint density at radius 1 is 0.933 bits per heavy atom. The maximum Gasteiger partial charge on any atom is 0.227 e. The van der Waals surface area contributed by atoms with Crippen molar-refractivity contribution in [3.8, 4) is 11.5 Å². The van der Waals surface area contributed by atoms with Gasteiger partial charge in [0.1, 0.15) is 5.75 Å². The van der Waals surface area contributed by atoms with Crippen LogP contribution in [-0.4, -0.2) is 29.2 Å². The quantitative estimate of drug-likeness (QED) is 0.570. The van der Waals surface area contributed by atoms with Crippen molar-refractivity contribution >= 4 is 40.6 Å². The smallest absolute Gasteiger partial charge is 0.227 e. The summed E-state index contributed by atoms with van der Waals surface area (Å²) in [5.74, 6) is 1.75. The van der Waals surface area contributed by atoms with E-state index in [1.165, 1.54) is 0 Å². The standard InChI is InChI=1S/C22H20Cl2N4O2/c23-16-5-1-3-7-18(16)30-19-8-4-2-6-17(19)25-22(29)15-11-13-28(14-12-15)21-10-9-20(24)26-27-21/h1-10,15H,11-14H2,(H,25,29). The molecule has 30 heavy (non-hydrogen) atoms. The molecule has 0 spiro atoms. The van der Waals surface area contributed by atoms with Gasteiger partial charge in [0.15, 0.2) is 16.7 Å². The van der Waals surface area contributed by atoms with Gasteiger partial charge in [0.25, 0.3) is 0 Å². The lowest BCUT2D eigenvalue weighted by Gasteiger charge is -2.31. The molecular formula is C22H20Cl2N4O2. The summed E-state index contributed by atoms with van der Waals surface area (Å²) in [6.07, 6.45) is 1.45. The van der Waals surface area contributed by atoms with Gasteiger partial charge in [-0.3, -0.25) is 4.79 Å². The fourth-order valence-corrected chi connectivity index (χ4v) is 3.66. The van der Waals surface area contributed by atoms with Crippen molar-refractivity contribution in [1.82, 2.24) is 10.2 Å². The number of rotatable bonds is 5. The summed E-state index contributed by atoms with van der Waals surface area (Å²) in [7, 11) is 0. The Bertz CT molecular complexity index is 1020. The summed E-state index contributed by atoms with van der Waals surface area (Å²) in [5, 5.41) is 11.9. The van der Waals surface area contributed by atoms with Gasteiger partial charge in [0, 0.05) is 19.0 Å². The highest BCUT2D eigenvalue weighted by Crippen LogP contribution is 2.34. The van der Waals surface area contributed by atoms with Crippen molar-refractivity contribution in [3.05, 3.63) is 70.8 Å². The van der Waals surface area contributed by atoms with Crippen molar-refractivity contribution < 1.29 is 9.53 Å². The number of benzene rings is 2. The number of piperidine rings is 1. The van der Waals surface area contributed by atoms with Gasteiger partial charge in [0.05, 0.1) is 10.7 Å². The molecule has 1 fully saturated rings. The van der Waals surface area contributed by atoms with Gasteiger partial charge < -0.3 is 15.0 Å². The second-order valence-electron chi connectivity index (χ2n) is 6.99. The van der Waals surface area contributed by atoms with Crippen LogP contribution in [0, 0.1) is 5.92 Å². The molecule has 154 valence electrons. The van der Waals surface area contributed by atoms with Gasteiger partial charge in [-0.15, -0.1) is 10.2 Å². The van der Waals surface area contributed by atoms with E-state index in [-0.39, 0.29) is 11.8 Å². The van der Waals surface area contributed by atoms with Crippen LogP contribution in [0.4, 0.5) is 11.5 Å². The summed E-state index contributed by atoms with van der Waals surface area (Å²) < 4.78 is 5.93. The predicted molar refractivity (Wildman–Crippen MR) is 119 cm³/mol. The number of hydrogen-bond donors (Lipinski definition) is 1. The van der Waals surface area contributed by atoms with Gasteiger partial charge in [-0.2, -0.15) is 0 Å². The first-order valence-corrected chi connectivity index (χ1v) is 10.4. The number of carbonyl (C=O) groups excluding carboxylic acids is 1. The zero-order valence-electron chi connectivity index (χ0n) is 16.1. The van der Waals surface area contributed by atoms with Crippen molar-refractivity contribution in [1.29, 1.82) is 0 Å². The Hall–Kier alpha value is -2.83. The second kappa shape index (κ2) is 9.32. The third-order valence-electron chi connectivity index (χ3n) is 5.01. The highest BCUT2D eigenvalue weighted by molar-refractivity contribution is 6.32. The molecule has 2 aromatic carbocycles. The molecule has 1 saturated heterocycles. The zero-order valence-corrected chi connectivity index (χ0v) is 17.6. The molecule has 0 unspecified atom stereocenters. The van der Waals surface area contributed by atoms with Gasteiger partial charge in [-0.1, -0.05) is 47.5 Å². The third kappa shape index (κ3) is 4.83. The van der Waals surface area contributed by atoms with Gasteiger partial charge in [-0.05, 0) is 49.2 Å². The number of carbonyl (C=O) groups is 1. The Morgan fingerprint density at radius 3 is 2.33 bits per heavy atom. The molecule has 0 bridgehead atoms. The van der Waals surface area contributed by atoms with Gasteiger partial charge in [-0.25, -0.2) is 0 Å². The molecule has 8 heteroatoms. The third-order valence-corrected chi connectivity index (χ3v) is 5.52. The summed E-state index contributed by atoms with van der Waals surface area (Å²) in [6, 6.07) is 18.1. The number of amides is 1. The van der Waals surface area contributed by atoms with Crippen molar-refractivity contribution in [3.63, 3.8) is 0 Å². The lowest BCUT2D eigenvalue weighted by molar-refractivity contribution is -0.120. The molecule has 0 radical (unpaired) electrons. The van der Waals surface area contributed by atoms with Crippen LogP contribution in [0.3, 0.4) is 0 Å². The second-order valence-corrected chi connectivity index (χ2v) is 7.79. The molecule has 1 aliphatic heterocycles. The normalized spacial score (nSPS) is 14.4. The minimum absolute atomic E-state index is 0.0213. The number of hydrogen-bond acceptors (Lipinski definition) is 5. The van der Waals surface area contributed by atoms with Crippen molar-refractivity contribution in [2.75, 3.05) is 23.3 Å². The Labute approximate surface area is 184 Å². The Kier molecular flexibility index (Phi) is 6.35. The molecule has 0 saturated carbocycles. The lowest BCUT2D eigenvalue weighted by atomic mass is 9.95. The highest BCUT2D eigenvalue weighted by Gasteiger charge is 2.26. The summed E-state index contributed by atoms with van der Waals surface area (Å²) in [5.41, 5.74) is 0.619. The van der Waals surface area contributed by atoms with E-state index < -0.39 is 0 Å². The first-order valence-electron chi connectivity index (χ1n) is 9.66. The predicted octanol–water partition coefficient (Wildman–Crippen LogP) is 5.43. The van der Waals surface area contributed by atoms with E-state index in [0.717, 1.165) is 31.7 Å². The number of para-hydroxylation sites is 3. The Morgan fingerprint density at radius 2 is 1.63 bits per heavy atom. The molecule has 0 aliphatic carbocycles. The van der Waals surface area contributed by atoms with E-state index >= 15 is 0 Å². The van der Waals surface area contributed by atoms with E-state index in [9.17, 15) is 4.79 Å². The maximum absolute atomic E-state index is 12.9. The van der Waals surface area contributed by atoms with E-state index in [2.05, 4.69) is 20.4 Å². The summed E-state index contributed by atoms with van der Waals surface area (Å²) in [6.45, 7) is 1.46. The fourth-order valence-electron chi connectivity index (χ4n) is 3.39. The van der Waals surface area contributed by atoms with Crippen LogP contribution < -0.4 is 15.0 Å². The van der Waals surface area contributed by atoms with Crippen LogP contribution in [0.1, 0.15) is 12.8 Å². The average molecular weight is 443 g/mol. The van der Waals surface area contributed by atoms with E-state index in [1.807, 2.05) is 36.4 Å².